The maximum atomic E-state index is 13.4. The number of nitrogens with one attached hydrogen (secondary N) is 1. The lowest BCUT2D eigenvalue weighted by atomic mass is 10.2. The molecule has 0 aliphatic carbocycles. The van der Waals surface area contributed by atoms with Gasteiger partial charge in [0.25, 0.3) is 0 Å². The molecule has 1 atom stereocenters. The van der Waals surface area contributed by atoms with Crippen LogP contribution in [0.3, 0.4) is 0 Å². The number of halogens is 2. The predicted octanol–water partition coefficient (Wildman–Crippen LogP) is 3.32. The van der Waals surface area contributed by atoms with Gasteiger partial charge in [-0.1, -0.05) is 17.7 Å². The molecule has 0 amide bonds. The van der Waals surface area contributed by atoms with E-state index in [0.717, 1.165) is 5.75 Å². The standard InChI is InChI=1S/C11H15ClFNS/c1-8(7-15-2)14-6-9-10(12)4-3-5-11(9)13/h3-5,8,14H,6-7H2,1-2H3. The number of hydrogen-bond donors (Lipinski definition) is 1. The molecule has 1 aromatic carbocycles. The van der Waals surface area contributed by atoms with Crippen LogP contribution in [0.15, 0.2) is 18.2 Å². The zero-order valence-corrected chi connectivity index (χ0v) is 10.5. The van der Waals surface area contributed by atoms with E-state index in [-0.39, 0.29) is 5.82 Å². The Labute approximate surface area is 99.4 Å². The minimum atomic E-state index is -0.244. The van der Waals surface area contributed by atoms with Crippen molar-refractivity contribution < 1.29 is 4.39 Å². The maximum absolute atomic E-state index is 13.4. The molecule has 0 aliphatic heterocycles. The van der Waals surface area contributed by atoms with Gasteiger partial charge in [0.15, 0.2) is 0 Å². The van der Waals surface area contributed by atoms with E-state index in [2.05, 4.69) is 12.2 Å². The zero-order chi connectivity index (χ0) is 11.3. The Morgan fingerprint density at radius 2 is 2.27 bits per heavy atom. The van der Waals surface area contributed by atoms with Crippen LogP contribution in [0, 0.1) is 5.82 Å². The molecule has 4 heteroatoms. The summed E-state index contributed by atoms with van der Waals surface area (Å²) < 4.78 is 13.4. The molecule has 0 heterocycles. The van der Waals surface area contributed by atoms with Gasteiger partial charge in [-0.15, -0.1) is 0 Å². The first kappa shape index (κ1) is 12.8. The van der Waals surface area contributed by atoms with Gasteiger partial charge in [-0.2, -0.15) is 11.8 Å². The molecule has 1 N–H and O–H groups in total. The number of rotatable bonds is 5. The molecule has 0 saturated carbocycles. The van der Waals surface area contributed by atoms with Gasteiger partial charge in [0.1, 0.15) is 5.82 Å². The van der Waals surface area contributed by atoms with E-state index >= 15 is 0 Å². The number of hydrogen-bond acceptors (Lipinski definition) is 2. The van der Waals surface area contributed by atoms with Gasteiger partial charge in [0.05, 0.1) is 0 Å². The molecule has 0 fully saturated rings. The highest BCUT2D eigenvalue weighted by Crippen LogP contribution is 2.18. The molecule has 0 saturated heterocycles. The first-order valence-corrected chi connectivity index (χ1v) is 6.57. The average molecular weight is 248 g/mol. The van der Waals surface area contributed by atoms with Crippen LogP contribution in [-0.4, -0.2) is 18.1 Å². The maximum Gasteiger partial charge on any atom is 0.129 e. The Hall–Kier alpha value is -0.250. The Balaban J connectivity index is 2.57. The second-order valence-electron chi connectivity index (χ2n) is 3.44. The van der Waals surface area contributed by atoms with E-state index in [4.69, 9.17) is 11.6 Å². The fraction of sp³-hybridized carbons (Fsp3) is 0.455. The first-order valence-electron chi connectivity index (χ1n) is 4.80. The second kappa shape index (κ2) is 6.36. The molecule has 1 nitrogen and oxygen atoms in total. The van der Waals surface area contributed by atoms with E-state index in [1.54, 1.807) is 23.9 Å². The molecule has 1 aromatic rings. The third-order valence-electron chi connectivity index (χ3n) is 2.11. The summed E-state index contributed by atoms with van der Waals surface area (Å²) in [5.74, 6) is 0.762. The lowest BCUT2D eigenvalue weighted by Crippen LogP contribution is -2.28. The van der Waals surface area contributed by atoms with Crippen molar-refractivity contribution in [1.82, 2.24) is 5.32 Å². The summed E-state index contributed by atoms with van der Waals surface area (Å²) in [6, 6.07) is 5.12. The van der Waals surface area contributed by atoms with Crippen molar-refractivity contribution in [1.29, 1.82) is 0 Å². The van der Waals surface area contributed by atoms with Crippen molar-refractivity contribution in [3.05, 3.63) is 34.6 Å². The van der Waals surface area contributed by atoms with Gasteiger partial charge in [0, 0.05) is 28.9 Å². The van der Waals surface area contributed by atoms with Crippen molar-refractivity contribution in [2.24, 2.45) is 0 Å². The lowest BCUT2D eigenvalue weighted by molar-refractivity contribution is 0.557. The molecule has 1 rings (SSSR count). The fourth-order valence-electron chi connectivity index (χ4n) is 1.29. The third-order valence-corrected chi connectivity index (χ3v) is 3.29. The fourth-order valence-corrected chi connectivity index (χ4v) is 2.13. The van der Waals surface area contributed by atoms with Crippen LogP contribution in [0.25, 0.3) is 0 Å². The highest BCUT2D eigenvalue weighted by molar-refractivity contribution is 7.98. The van der Waals surface area contributed by atoms with Crippen molar-refractivity contribution >= 4 is 23.4 Å². The van der Waals surface area contributed by atoms with Crippen LogP contribution < -0.4 is 5.32 Å². The molecular weight excluding hydrogens is 233 g/mol. The molecular formula is C11H15ClFNS. The molecule has 0 bridgehead atoms. The first-order chi connectivity index (χ1) is 7.15. The third kappa shape index (κ3) is 4.01. The Kier molecular flexibility index (Phi) is 5.43. The monoisotopic (exact) mass is 247 g/mol. The van der Waals surface area contributed by atoms with Gasteiger partial charge >= 0.3 is 0 Å². The van der Waals surface area contributed by atoms with E-state index < -0.39 is 0 Å². The largest absolute Gasteiger partial charge is 0.309 e. The number of benzene rings is 1. The van der Waals surface area contributed by atoms with Crippen LogP contribution in [-0.2, 0) is 6.54 Å². The number of thioether (sulfide) groups is 1. The van der Waals surface area contributed by atoms with Crippen LogP contribution in [0.5, 0.6) is 0 Å². The topological polar surface area (TPSA) is 12.0 Å². The summed E-state index contributed by atoms with van der Waals surface area (Å²) in [5, 5.41) is 3.72. The molecule has 0 spiro atoms. The molecule has 15 heavy (non-hydrogen) atoms. The smallest absolute Gasteiger partial charge is 0.129 e. The van der Waals surface area contributed by atoms with Crippen LogP contribution in [0.4, 0.5) is 4.39 Å². The summed E-state index contributed by atoms with van der Waals surface area (Å²) in [7, 11) is 0. The quantitative estimate of drug-likeness (QED) is 0.857. The van der Waals surface area contributed by atoms with Gasteiger partial charge in [-0.25, -0.2) is 4.39 Å². The van der Waals surface area contributed by atoms with Crippen LogP contribution >= 0.6 is 23.4 Å². The van der Waals surface area contributed by atoms with Crippen LogP contribution in [0.2, 0.25) is 5.02 Å². The SMILES string of the molecule is CSCC(C)NCc1c(F)cccc1Cl. The zero-order valence-electron chi connectivity index (χ0n) is 8.89. The molecule has 0 radical (unpaired) electrons. The van der Waals surface area contributed by atoms with E-state index in [1.807, 2.05) is 6.26 Å². The van der Waals surface area contributed by atoms with E-state index in [0.29, 0.717) is 23.2 Å². The lowest BCUT2D eigenvalue weighted by Gasteiger charge is -2.13. The summed E-state index contributed by atoms with van der Waals surface area (Å²) in [5.41, 5.74) is 0.548. The Morgan fingerprint density at radius 1 is 1.53 bits per heavy atom. The van der Waals surface area contributed by atoms with Gasteiger partial charge in [-0.3, -0.25) is 0 Å². The second-order valence-corrected chi connectivity index (χ2v) is 4.76. The van der Waals surface area contributed by atoms with Gasteiger partial charge < -0.3 is 5.32 Å². The van der Waals surface area contributed by atoms with Gasteiger partial charge in [0.2, 0.25) is 0 Å². The van der Waals surface area contributed by atoms with Gasteiger partial charge in [-0.05, 0) is 25.3 Å². The molecule has 0 aliphatic rings. The van der Waals surface area contributed by atoms with Crippen LogP contribution in [0.1, 0.15) is 12.5 Å². The predicted molar refractivity (Wildman–Crippen MR) is 66.1 cm³/mol. The highest BCUT2D eigenvalue weighted by atomic mass is 35.5. The summed E-state index contributed by atoms with van der Waals surface area (Å²) in [6.45, 7) is 2.55. The van der Waals surface area contributed by atoms with E-state index in [9.17, 15) is 4.39 Å². The van der Waals surface area contributed by atoms with Crippen molar-refractivity contribution in [2.45, 2.75) is 19.5 Å². The average Bonchev–Trinajstić information content (AvgIpc) is 2.17. The molecule has 1 unspecified atom stereocenters. The van der Waals surface area contributed by atoms with Crippen molar-refractivity contribution in [2.75, 3.05) is 12.0 Å². The molecule has 0 aromatic heterocycles. The van der Waals surface area contributed by atoms with Crippen molar-refractivity contribution in [3.63, 3.8) is 0 Å². The highest BCUT2D eigenvalue weighted by Gasteiger charge is 2.07. The minimum Gasteiger partial charge on any atom is -0.309 e. The summed E-state index contributed by atoms with van der Waals surface area (Å²) in [6.07, 6.45) is 2.05. The summed E-state index contributed by atoms with van der Waals surface area (Å²) in [4.78, 5) is 0. The normalized spacial score (nSPS) is 12.8. The molecule has 84 valence electrons. The minimum absolute atomic E-state index is 0.244. The Morgan fingerprint density at radius 3 is 2.87 bits per heavy atom. The van der Waals surface area contributed by atoms with Crippen molar-refractivity contribution in [3.8, 4) is 0 Å². The Bertz CT molecular complexity index is 299. The summed E-state index contributed by atoms with van der Waals surface area (Å²) >= 11 is 7.67. The van der Waals surface area contributed by atoms with E-state index in [1.165, 1.54) is 6.07 Å².